The van der Waals surface area contributed by atoms with Gasteiger partial charge in [-0.3, -0.25) is 0 Å². The summed E-state index contributed by atoms with van der Waals surface area (Å²) in [5, 5.41) is 1.04. The maximum atomic E-state index is 13.0. The van der Waals surface area contributed by atoms with Gasteiger partial charge < -0.3 is 5.43 Å². The number of halogens is 1. The van der Waals surface area contributed by atoms with E-state index in [0.29, 0.717) is 11.6 Å². The highest BCUT2D eigenvalue weighted by atomic mass is 32.1. The maximum Gasteiger partial charge on any atom is 0.163 e. The third-order valence-electron chi connectivity index (χ3n) is 3.80. The summed E-state index contributed by atoms with van der Waals surface area (Å²) in [6.07, 6.45) is 3.34. The first-order valence-electron chi connectivity index (χ1n) is 6.81. The molecule has 4 rings (SSSR count). The molecule has 2 aromatic heterocycles. The molecule has 0 saturated carbocycles. The molecule has 3 aromatic rings. The van der Waals surface area contributed by atoms with Gasteiger partial charge in [-0.25, -0.2) is 20.2 Å². The second-order valence-electron chi connectivity index (χ2n) is 5.08. The van der Waals surface area contributed by atoms with Gasteiger partial charge in [0, 0.05) is 10.4 Å². The van der Waals surface area contributed by atoms with Crippen LogP contribution in [0.2, 0.25) is 0 Å². The molecule has 0 saturated heterocycles. The number of fused-ring (bicyclic) bond motifs is 3. The molecule has 0 aliphatic heterocycles. The molecule has 1 aromatic carbocycles. The van der Waals surface area contributed by atoms with E-state index in [-0.39, 0.29) is 5.82 Å². The van der Waals surface area contributed by atoms with E-state index in [2.05, 4.69) is 15.4 Å². The fraction of sp³-hybridized carbons (Fsp3) is 0.200. The van der Waals surface area contributed by atoms with Crippen LogP contribution in [0.4, 0.5) is 10.2 Å². The van der Waals surface area contributed by atoms with Gasteiger partial charge in [0.2, 0.25) is 0 Å². The van der Waals surface area contributed by atoms with Crippen LogP contribution in [0.15, 0.2) is 24.3 Å². The number of benzene rings is 1. The van der Waals surface area contributed by atoms with Crippen molar-refractivity contribution in [1.29, 1.82) is 0 Å². The van der Waals surface area contributed by atoms with Crippen molar-refractivity contribution in [3.05, 3.63) is 40.5 Å². The molecule has 0 atom stereocenters. The van der Waals surface area contributed by atoms with E-state index in [4.69, 9.17) is 5.84 Å². The SMILES string of the molecule is NNc1nc(-c2ccc(F)cc2)nc2sc3c(c12)CCC3. The highest BCUT2D eigenvalue weighted by molar-refractivity contribution is 7.19. The number of nitrogen functional groups attached to an aromatic ring is 1. The van der Waals surface area contributed by atoms with Gasteiger partial charge in [0.1, 0.15) is 10.6 Å². The molecule has 4 nitrogen and oxygen atoms in total. The first kappa shape index (κ1) is 12.7. The van der Waals surface area contributed by atoms with E-state index in [9.17, 15) is 4.39 Å². The Balaban J connectivity index is 1.94. The number of rotatable bonds is 2. The minimum Gasteiger partial charge on any atom is -0.308 e. The van der Waals surface area contributed by atoms with E-state index in [1.54, 1.807) is 23.5 Å². The number of aromatic nitrogens is 2. The number of nitrogens with zero attached hydrogens (tertiary/aromatic N) is 2. The zero-order valence-corrected chi connectivity index (χ0v) is 12.0. The Labute approximate surface area is 124 Å². The summed E-state index contributed by atoms with van der Waals surface area (Å²) in [5.41, 5.74) is 4.80. The normalized spacial score (nSPS) is 13.6. The van der Waals surface area contributed by atoms with Gasteiger partial charge in [0.25, 0.3) is 0 Å². The molecule has 0 fully saturated rings. The lowest BCUT2D eigenvalue weighted by Crippen LogP contribution is -2.10. The molecule has 0 radical (unpaired) electrons. The molecule has 6 heteroatoms. The number of nitrogens with one attached hydrogen (secondary N) is 1. The van der Waals surface area contributed by atoms with Crippen LogP contribution in [-0.2, 0) is 12.8 Å². The molecule has 2 heterocycles. The van der Waals surface area contributed by atoms with Gasteiger partial charge in [-0.05, 0) is 49.1 Å². The molecule has 106 valence electrons. The van der Waals surface area contributed by atoms with Crippen molar-refractivity contribution >= 4 is 27.4 Å². The Kier molecular flexibility index (Phi) is 2.87. The Morgan fingerprint density at radius 1 is 1.14 bits per heavy atom. The Bertz CT molecular complexity index is 826. The van der Waals surface area contributed by atoms with E-state index in [1.807, 2.05) is 0 Å². The van der Waals surface area contributed by atoms with Crippen LogP contribution >= 0.6 is 11.3 Å². The molecule has 1 aliphatic rings. The third kappa shape index (κ3) is 1.99. The van der Waals surface area contributed by atoms with E-state index < -0.39 is 0 Å². The van der Waals surface area contributed by atoms with Crippen molar-refractivity contribution in [3.63, 3.8) is 0 Å². The molecule has 0 bridgehead atoms. The lowest BCUT2D eigenvalue weighted by molar-refractivity contribution is 0.628. The van der Waals surface area contributed by atoms with Gasteiger partial charge in [0.05, 0.1) is 5.39 Å². The maximum absolute atomic E-state index is 13.0. The number of anilines is 1. The van der Waals surface area contributed by atoms with Crippen LogP contribution in [0.25, 0.3) is 21.6 Å². The molecule has 3 N–H and O–H groups in total. The van der Waals surface area contributed by atoms with Crippen LogP contribution in [-0.4, -0.2) is 9.97 Å². The number of thiophene rings is 1. The number of hydrazine groups is 1. The second-order valence-corrected chi connectivity index (χ2v) is 6.17. The van der Waals surface area contributed by atoms with Crippen molar-refractivity contribution in [3.8, 4) is 11.4 Å². The van der Waals surface area contributed by atoms with E-state index in [0.717, 1.165) is 28.6 Å². The smallest absolute Gasteiger partial charge is 0.163 e. The molecular weight excluding hydrogens is 287 g/mol. The zero-order valence-electron chi connectivity index (χ0n) is 11.2. The number of aryl methyl sites for hydroxylation is 2. The van der Waals surface area contributed by atoms with Crippen molar-refractivity contribution in [2.75, 3.05) is 5.43 Å². The minimum absolute atomic E-state index is 0.271. The zero-order chi connectivity index (χ0) is 14.4. The van der Waals surface area contributed by atoms with E-state index in [1.165, 1.54) is 29.0 Å². The van der Waals surface area contributed by atoms with Crippen molar-refractivity contribution in [1.82, 2.24) is 9.97 Å². The first-order chi connectivity index (χ1) is 10.3. The minimum atomic E-state index is -0.271. The summed E-state index contributed by atoms with van der Waals surface area (Å²) >= 11 is 1.71. The largest absolute Gasteiger partial charge is 0.308 e. The monoisotopic (exact) mass is 300 g/mol. The number of hydrogen-bond donors (Lipinski definition) is 2. The van der Waals surface area contributed by atoms with Gasteiger partial charge in [0.15, 0.2) is 11.6 Å². The van der Waals surface area contributed by atoms with Crippen molar-refractivity contribution in [2.24, 2.45) is 5.84 Å². The van der Waals surface area contributed by atoms with E-state index >= 15 is 0 Å². The lowest BCUT2D eigenvalue weighted by atomic mass is 10.1. The standard InChI is InChI=1S/C15H13FN4S/c16-9-6-4-8(5-7-9)13-18-14(20-17)12-10-2-1-3-11(10)21-15(12)19-13/h4-7H,1-3,17H2,(H,18,19,20). The Morgan fingerprint density at radius 3 is 2.71 bits per heavy atom. The number of nitrogens with two attached hydrogens (primary N) is 1. The summed E-state index contributed by atoms with van der Waals surface area (Å²) in [5.74, 6) is 6.59. The Morgan fingerprint density at radius 2 is 1.95 bits per heavy atom. The molecule has 21 heavy (non-hydrogen) atoms. The van der Waals surface area contributed by atoms with Crippen LogP contribution in [0, 0.1) is 5.82 Å². The fourth-order valence-corrected chi connectivity index (χ4v) is 4.09. The summed E-state index contributed by atoms with van der Waals surface area (Å²) in [6.45, 7) is 0. The second kappa shape index (κ2) is 4.75. The van der Waals surface area contributed by atoms with Crippen LogP contribution in [0.3, 0.4) is 0 Å². The summed E-state index contributed by atoms with van der Waals surface area (Å²) in [6, 6.07) is 6.18. The van der Waals surface area contributed by atoms with Crippen LogP contribution in [0.1, 0.15) is 16.9 Å². The quantitative estimate of drug-likeness (QED) is 0.563. The van der Waals surface area contributed by atoms with Crippen molar-refractivity contribution in [2.45, 2.75) is 19.3 Å². The predicted octanol–water partition coefficient (Wildman–Crippen LogP) is 3.27. The molecule has 1 aliphatic carbocycles. The highest BCUT2D eigenvalue weighted by Gasteiger charge is 2.22. The molecule has 0 unspecified atom stereocenters. The topological polar surface area (TPSA) is 63.8 Å². The summed E-state index contributed by atoms with van der Waals surface area (Å²) in [7, 11) is 0. The summed E-state index contributed by atoms with van der Waals surface area (Å²) in [4.78, 5) is 11.5. The Hall–Kier alpha value is -2.05. The molecule has 0 spiro atoms. The van der Waals surface area contributed by atoms with Crippen molar-refractivity contribution < 1.29 is 4.39 Å². The lowest BCUT2D eigenvalue weighted by Gasteiger charge is -2.06. The van der Waals surface area contributed by atoms with Gasteiger partial charge in [-0.2, -0.15) is 0 Å². The summed E-state index contributed by atoms with van der Waals surface area (Å²) < 4.78 is 13.0. The average Bonchev–Trinajstić information content (AvgIpc) is 3.07. The number of hydrogen-bond acceptors (Lipinski definition) is 5. The van der Waals surface area contributed by atoms with Gasteiger partial charge >= 0.3 is 0 Å². The highest BCUT2D eigenvalue weighted by Crippen LogP contribution is 2.40. The fourth-order valence-electron chi connectivity index (χ4n) is 2.83. The predicted molar refractivity (Wildman–Crippen MR) is 82.6 cm³/mol. The van der Waals surface area contributed by atoms with Crippen LogP contribution < -0.4 is 11.3 Å². The average molecular weight is 300 g/mol. The third-order valence-corrected chi connectivity index (χ3v) is 4.99. The van der Waals surface area contributed by atoms with Crippen LogP contribution in [0.5, 0.6) is 0 Å². The first-order valence-corrected chi connectivity index (χ1v) is 7.63. The van der Waals surface area contributed by atoms with Gasteiger partial charge in [-0.15, -0.1) is 11.3 Å². The molecular formula is C15H13FN4S. The molecule has 0 amide bonds. The van der Waals surface area contributed by atoms with Gasteiger partial charge in [-0.1, -0.05) is 0 Å².